The van der Waals surface area contributed by atoms with Crippen LogP contribution in [-0.4, -0.2) is 12.6 Å². The fourth-order valence-corrected chi connectivity index (χ4v) is 5.15. The maximum absolute atomic E-state index is 6.61. The Morgan fingerprint density at radius 2 is 2.00 bits per heavy atom. The van der Waals surface area contributed by atoms with Crippen molar-refractivity contribution >= 4 is 0 Å². The summed E-state index contributed by atoms with van der Waals surface area (Å²) in [5.41, 5.74) is 13.0. The number of hydrogen-bond acceptors (Lipinski definition) is 2. The predicted octanol–water partition coefficient (Wildman–Crippen LogP) is 2.27. The predicted molar refractivity (Wildman–Crippen MR) is 66.9 cm³/mol. The molecule has 1 spiro atoms. The van der Waals surface area contributed by atoms with E-state index in [-0.39, 0.29) is 0 Å². The lowest BCUT2D eigenvalue weighted by Crippen LogP contribution is -2.46. The molecule has 2 nitrogen and oxygen atoms in total. The fourth-order valence-electron chi connectivity index (χ4n) is 5.15. The second-order valence-electron chi connectivity index (χ2n) is 6.58. The Bertz CT molecular complexity index is 261. The van der Waals surface area contributed by atoms with E-state index in [9.17, 15) is 0 Å². The van der Waals surface area contributed by atoms with Gasteiger partial charge in [0.1, 0.15) is 0 Å². The Morgan fingerprint density at radius 3 is 2.75 bits per heavy atom. The average Bonchev–Trinajstić information content (AvgIpc) is 2.52. The van der Waals surface area contributed by atoms with Gasteiger partial charge in [-0.05, 0) is 68.2 Å². The summed E-state index contributed by atoms with van der Waals surface area (Å²) in [7, 11) is 0. The second kappa shape index (κ2) is 3.99. The van der Waals surface area contributed by atoms with Crippen molar-refractivity contribution in [1.29, 1.82) is 0 Å². The molecule has 5 atom stereocenters. The van der Waals surface area contributed by atoms with Gasteiger partial charge in [-0.15, -0.1) is 0 Å². The summed E-state index contributed by atoms with van der Waals surface area (Å²) < 4.78 is 0. The van der Waals surface area contributed by atoms with Crippen LogP contribution in [0.1, 0.15) is 51.4 Å². The first-order valence-corrected chi connectivity index (χ1v) is 7.22. The Balaban J connectivity index is 1.85. The average molecular weight is 222 g/mol. The second-order valence-corrected chi connectivity index (χ2v) is 6.58. The van der Waals surface area contributed by atoms with Gasteiger partial charge >= 0.3 is 0 Å². The molecule has 0 saturated heterocycles. The molecule has 2 heteroatoms. The molecule has 4 N–H and O–H groups in total. The van der Waals surface area contributed by atoms with Crippen LogP contribution >= 0.6 is 0 Å². The van der Waals surface area contributed by atoms with Crippen LogP contribution in [0.15, 0.2) is 0 Å². The molecule has 3 fully saturated rings. The lowest BCUT2D eigenvalue weighted by molar-refractivity contribution is 0.0731. The molecule has 3 rings (SSSR count). The summed E-state index contributed by atoms with van der Waals surface area (Å²) in [6.45, 7) is 0.881. The molecule has 3 aliphatic rings. The number of fused-ring (bicyclic) bond motifs is 3. The van der Waals surface area contributed by atoms with E-state index in [0.717, 1.165) is 24.3 Å². The summed E-state index contributed by atoms with van der Waals surface area (Å²) in [6.07, 6.45) is 11.2. The summed E-state index contributed by atoms with van der Waals surface area (Å²) in [6, 6.07) is 0.495. The third-order valence-electron chi connectivity index (χ3n) is 5.96. The van der Waals surface area contributed by atoms with E-state index in [2.05, 4.69) is 0 Å². The SMILES string of the molecule is NCC1CCCC2(C1)C1CCCC(C1)[C@H]2N. The highest BCUT2D eigenvalue weighted by molar-refractivity contribution is 5.08. The molecule has 0 heterocycles. The molecule has 0 aromatic heterocycles. The Labute approximate surface area is 99.1 Å². The van der Waals surface area contributed by atoms with Gasteiger partial charge in [0.25, 0.3) is 0 Å². The number of hydrogen-bond donors (Lipinski definition) is 2. The Hall–Kier alpha value is -0.0800. The zero-order chi connectivity index (χ0) is 11.2. The van der Waals surface area contributed by atoms with Crippen molar-refractivity contribution in [2.75, 3.05) is 6.54 Å². The topological polar surface area (TPSA) is 52.0 Å². The van der Waals surface area contributed by atoms with Gasteiger partial charge < -0.3 is 11.5 Å². The first-order valence-electron chi connectivity index (χ1n) is 7.22. The van der Waals surface area contributed by atoms with Crippen molar-refractivity contribution in [1.82, 2.24) is 0 Å². The van der Waals surface area contributed by atoms with Gasteiger partial charge in [0.15, 0.2) is 0 Å². The zero-order valence-electron chi connectivity index (χ0n) is 10.3. The maximum atomic E-state index is 6.61. The molecule has 0 radical (unpaired) electrons. The highest BCUT2D eigenvalue weighted by Crippen LogP contribution is 2.59. The minimum atomic E-state index is 0.495. The normalized spacial score (nSPS) is 52.1. The van der Waals surface area contributed by atoms with Gasteiger partial charge in [-0.25, -0.2) is 0 Å². The van der Waals surface area contributed by atoms with E-state index in [1.54, 1.807) is 0 Å². The van der Waals surface area contributed by atoms with Crippen LogP contribution in [0, 0.1) is 23.2 Å². The van der Waals surface area contributed by atoms with Crippen LogP contribution in [0.5, 0.6) is 0 Å². The van der Waals surface area contributed by atoms with E-state index in [1.165, 1.54) is 51.4 Å². The summed E-state index contributed by atoms with van der Waals surface area (Å²) in [5, 5.41) is 0. The lowest BCUT2D eigenvalue weighted by atomic mass is 9.62. The summed E-state index contributed by atoms with van der Waals surface area (Å²) in [5.74, 6) is 2.55. The highest BCUT2D eigenvalue weighted by Gasteiger charge is 2.55. The van der Waals surface area contributed by atoms with Crippen molar-refractivity contribution in [3.05, 3.63) is 0 Å². The quantitative estimate of drug-likeness (QED) is 0.715. The third-order valence-corrected chi connectivity index (χ3v) is 5.96. The standard InChI is InChI=1S/C14H26N2/c15-9-10-3-2-6-14(8-10)12-5-1-4-11(7-12)13(14)16/h10-13H,1-9,15-16H2/t10?,11?,12?,13-,14?/m1/s1. The molecule has 0 aromatic carbocycles. The van der Waals surface area contributed by atoms with Gasteiger partial charge in [0.05, 0.1) is 0 Å². The Morgan fingerprint density at radius 1 is 1.12 bits per heavy atom. The molecule has 16 heavy (non-hydrogen) atoms. The Kier molecular flexibility index (Phi) is 2.75. The van der Waals surface area contributed by atoms with E-state index >= 15 is 0 Å². The van der Waals surface area contributed by atoms with Crippen LogP contribution in [0.3, 0.4) is 0 Å². The zero-order valence-corrected chi connectivity index (χ0v) is 10.3. The van der Waals surface area contributed by atoms with E-state index in [4.69, 9.17) is 11.5 Å². The van der Waals surface area contributed by atoms with Gasteiger partial charge in [-0.3, -0.25) is 0 Å². The molecule has 3 saturated carbocycles. The minimum Gasteiger partial charge on any atom is -0.330 e. The van der Waals surface area contributed by atoms with E-state index in [1.807, 2.05) is 0 Å². The molecule has 4 unspecified atom stereocenters. The summed E-state index contributed by atoms with van der Waals surface area (Å²) >= 11 is 0. The molecule has 0 amide bonds. The molecule has 0 aliphatic heterocycles. The molecule has 3 aliphatic carbocycles. The first-order chi connectivity index (χ1) is 7.76. The highest BCUT2D eigenvalue weighted by atomic mass is 14.8. The molecular weight excluding hydrogens is 196 g/mol. The number of rotatable bonds is 1. The van der Waals surface area contributed by atoms with Crippen molar-refractivity contribution in [3.63, 3.8) is 0 Å². The van der Waals surface area contributed by atoms with Crippen molar-refractivity contribution < 1.29 is 0 Å². The van der Waals surface area contributed by atoms with Crippen LogP contribution in [-0.2, 0) is 0 Å². The van der Waals surface area contributed by atoms with Crippen LogP contribution in [0.2, 0.25) is 0 Å². The summed E-state index contributed by atoms with van der Waals surface area (Å²) in [4.78, 5) is 0. The molecular formula is C14H26N2. The van der Waals surface area contributed by atoms with Crippen molar-refractivity contribution in [2.45, 2.75) is 57.4 Å². The molecule has 2 bridgehead atoms. The molecule has 0 aromatic rings. The first kappa shape index (κ1) is 11.0. The van der Waals surface area contributed by atoms with Crippen LogP contribution in [0.25, 0.3) is 0 Å². The van der Waals surface area contributed by atoms with Gasteiger partial charge in [0.2, 0.25) is 0 Å². The van der Waals surface area contributed by atoms with Crippen LogP contribution < -0.4 is 11.5 Å². The maximum Gasteiger partial charge on any atom is 0.0127 e. The van der Waals surface area contributed by atoms with Gasteiger partial charge in [0, 0.05) is 6.04 Å². The van der Waals surface area contributed by atoms with E-state index in [0.29, 0.717) is 11.5 Å². The smallest absolute Gasteiger partial charge is 0.0127 e. The van der Waals surface area contributed by atoms with Crippen LogP contribution in [0.4, 0.5) is 0 Å². The van der Waals surface area contributed by atoms with E-state index < -0.39 is 0 Å². The fraction of sp³-hybridized carbons (Fsp3) is 1.00. The lowest BCUT2D eigenvalue weighted by Gasteiger charge is -2.45. The van der Waals surface area contributed by atoms with Gasteiger partial charge in [-0.2, -0.15) is 0 Å². The van der Waals surface area contributed by atoms with Crippen molar-refractivity contribution in [2.24, 2.45) is 34.6 Å². The van der Waals surface area contributed by atoms with Crippen molar-refractivity contribution in [3.8, 4) is 0 Å². The van der Waals surface area contributed by atoms with Gasteiger partial charge in [-0.1, -0.05) is 12.8 Å². The monoisotopic (exact) mass is 222 g/mol. The minimum absolute atomic E-state index is 0.495. The molecule has 92 valence electrons. The largest absolute Gasteiger partial charge is 0.330 e. The number of nitrogens with two attached hydrogens (primary N) is 2. The third kappa shape index (κ3) is 1.46.